The number of amides is 1. The van der Waals surface area contributed by atoms with Crippen LogP contribution in [0, 0.1) is 5.82 Å². The predicted octanol–water partition coefficient (Wildman–Crippen LogP) is 5.15. The van der Waals surface area contributed by atoms with Gasteiger partial charge in [0.1, 0.15) is 5.82 Å². The van der Waals surface area contributed by atoms with Crippen molar-refractivity contribution in [1.29, 1.82) is 0 Å². The zero-order chi connectivity index (χ0) is 22.5. The fourth-order valence-electron chi connectivity index (χ4n) is 4.32. The van der Waals surface area contributed by atoms with Gasteiger partial charge in [0.15, 0.2) is 0 Å². The van der Waals surface area contributed by atoms with Gasteiger partial charge in [0.25, 0.3) is 0 Å². The smallest absolute Gasteiger partial charge is 0.224 e. The van der Waals surface area contributed by atoms with Crippen LogP contribution in [0.25, 0.3) is 0 Å². The van der Waals surface area contributed by atoms with Gasteiger partial charge in [0, 0.05) is 42.1 Å². The first-order chi connectivity index (χ1) is 15.5. The molecule has 2 unspecified atom stereocenters. The molecule has 0 spiro atoms. The summed E-state index contributed by atoms with van der Waals surface area (Å²) in [5.74, 6) is -0.190. The lowest BCUT2D eigenvalue weighted by Gasteiger charge is -2.42. The Morgan fingerprint density at radius 2 is 1.78 bits per heavy atom. The number of carbonyl (C=O) groups is 1. The Kier molecular flexibility index (Phi) is 7.45. The number of hydrogen-bond donors (Lipinski definition) is 1. The largest absolute Gasteiger partial charge is 0.367 e. The van der Waals surface area contributed by atoms with E-state index in [4.69, 9.17) is 11.6 Å². The Morgan fingerprint density at radius 3 is 2.44 bits per heavy atom. The minimum atomic E-state index is -0.182. The van der Waals surface area contributed by atoms with Crippen LogP contribution in [-0.2, 0) is 11.2 Å². The fourth-order valence-corrected chi connectivity index (χ4v) is 5.41. The van der Waals surface area contributed by atoms with Gasteiger partial charge in [-0.25, -0.2) is 4.39 Å². The molecule has 1 aromatic heterocycles. The van der Waals surface area contributed by atoms with E-state index in [0.717, 1.165) is 31.7 Å². The van der Waals surface area contributed by atoms with Crippen molar-refractivity contribution in [3.8, 4) is 0 Å². The van der Waals surface area contributed by atoms with E-state index in [-0.39, 0.29) is 23.8 Å². The molecule has 3 aromatic rings. The van der Waals surface area contributed by atoms with Crippen molar-refractivity contribution in [3.05, 3.63) is 87.3 Å². The summed E-state index contributed by atoms with van der Waals surface area (Å²) < 4.78 is 14.2. The zero-order valence-electron chi connectivity index (χ0n) is 18.0. The molecule has 1 aliphatic rings. The van der Waals surface area contributed by atoms with E-state index in [1.165, 1.54) is 10.9 Å². The molecule has 0 bridgehead atoms. The molecule has 4 rings (SSSR count). The van der Waals surface area contributed by atoms with Crippen molar-refractivity contribution in [2.24, 2.45) is 0 Å². The zero-order valence-corrected chi connectivity index (χ0v) is 19.6. The summed E-state index contributed by atoms with van der Waals surface area (Å²) in [5.41, 5.74) is 1.59. The molecule has 1 amide bonds. The number of piperazine rings is 1. The summed E-state index contributed by atoms with van der Waals surface area (Å²) in [6.07, 6.45) is 0.319. The first-order valence-electron chi connectivity index (χ1n) is 10.8. The van der Waals surface area contributed by atoms with E-state index < -0.39 is 0 Å². The van der Waals surface area contributed by atoms with Crippen LogP contribution in [0.4, 0.5) is 10.1 Å². The molecule has 32 heavy (non-hydrogen) atoms. The Morgan fingerprint density at radius 1 is 1.06 bits per heavy atom. The van der Waals surface area contributed by atoms with E-state index in [9.17, 15) is 9.18 Å². The Labute approximate surface area is 197 Å². The summed E-state index contributed by atoms with van der Waals surface area (Å²) in [7, 11) is 0. The van der Waals surface area contributed by atoms with Gasteiger partial charge in [-0.3, -0.25) is 9.69 Å². The van der Waals surface area contributed by atoms with E-state index >= 15 is 0 Å². The molecule has 0 radical (unpaired) electrons. The van der Waals surface area contributed by atoms with E-state index in [0.29, 0.717) is 17.1 Å². The monoisotopic (exact) mass is 471 g/mol. The quantitative estimate of drug-likeness (QED) is 0.517. The predicted molar refractivity (Wildman–Crippen MR) is 130 cm³/mol. The Hall–Kier alpha value is -2.41. The molecule has 1 aliphatic heterocycles. The molecule has 168 valence electrons. The molecule has 2 atom stereocenters. The average Bonchev–Trinajstić information content (AvgIpc) is 3.31. The average molecular weight is 472 g/mol. The third kappa shape index (κ3) is 5.49. The van der Waals surface area contributed by atoms with Gasteiger partial charge in [-0.2, -0.15) is 0 Å². The van der Waals surface area contributed by atoms with Crippen LogP contribution in [-0.4, -0.2) is 43.0 Å². The van der Waals surface area contributed by atoms with Gasteiger partial charge in [0.2, 0.25) is 5.91 Å². The highest BCUT2D eigenvalue weighted by atomic mass is 35.5. The fraction of sp³-hybridized carbons (Fsp3) is 0.320. The highest BCUT2D eigenvalue weighted by molar-refractivity contribution is 7.10. The van der Waals surface area contributed by atoms with Crippen LogP contribution in [0.1, 0.15) is 23.4 Å². The molecule has 2 heterocycles. The summed E-state index contributed by atoms with van der Waals surface area (Å²) in [6, 6.07) is 18.5. The number of thiophene rings is 1. The number of nitrogens with zero attached hydrogens (tertiary/aromatic N) is 2. The maximum absolute atomic E-state index is 14.2. The molecule has 1 saturated heterocycles. The first-order valence-corrected chi connectivity index (χ1v) is 12.1. The van der Waals surface area contributed by atoms with Crippen LogP contribution in [0.3, 0.4) is 0 Å². The third-order valence-electron chi connectivity index (χ3n) is 5.88. The second kappa shape index (κ2) is 10.5. The lowest BCUT2D eigenvalue weighted by molar-refractivity contribution is -0.121. The molecule has 1 fully saturated rings. The van der Waals surface area contributed by atoms with Crippen LogP contribution in [0.15, 0.2) is 66.0 Å². The van der Waals surface area contributed by atoms with Crippen molar-refractivity contribution < 1.29 is 9.18 Å². The summed E-state index contributed by atoms with van der Waals surface area (Å²) >= 11 is 7.65. The number of nitrogens with one attached hydrogen (secondary N) is 1. The Bertz CT molecular complexity index is 1020. The lowest BCUT2D eigenvalue weighted by Crippen LogP contribution is -2.52. The number of carbonyl (C=O) groups excluding carboxylic acids is 1. The molecule has 1 N–H and O–H groups in total. The normalized spacial score (nSPS) is 16.5. The second-order valence-electron chi connectivity index (χ2n) is 8.09. The maximum Gasteiger partial charge on any atom is 0.224 e. The molecule has 7 heteroatoms. The highest BCUT2D eigenvalue weighted by Crippen LogP contribution is 2.30. The van der Waals surface area contributed by atoms with Gasteiger partial charge < -0.3 is 10.2 Å². The summed E-state index contributed by atoms with van der Waals surface area (Å²) in [6.45, 7) is 5.15. The highest BCUT2D eigenvalue weighted by Gasteiger charge is 2.31. The number of rotatable bonds is 7. The molecule has 0 aliphatic carbocycles. The van der Waals surface area contributed by atoms with E-state index in [2.05, 4.69) is 33.5 Å². The van der Waals surface area contributed by atoms with Crippen LogP contribution in [0.5, 0.6) is 0 Å². The summed E-state index contributed by atoms with van der Waals surface area (Å²) in [4.78, 5) is 18.5. The minimum absolute atomic E-state index is 0.00799. The molecule has 0 saturated carbocycles. The van der Waals surface area contributed by atoms with Crippen molar-refractivity contribution in [2.75, 3.05) is 31.1 Å². The van der Waals surface area contributed by atoms with Gasteiger partial charge >= 0.3 is 0 Å². The number of hydrogen-bond acceptors (Lipinski definition) is 4. The van der Waals surface area contributed by atoms with Gasteiger partial charge in [0.05, 0.1) is 18.2 Å². The van der Waals surface area contributed by atoms with Crippen LogP contribution < -0.4 is 10.2 Å². The maximum atomic E-state index is 14.2. The minimum Gasteiger partial charge on any atom is -0.367 e. The third-order valence-corrected chi connectivity index (χ3v) is 7.07. The van der Waals surface area contributed by atoms with Gasteiger partial charge in [-0.1, -0.05) is 41.9 Å². The van der Waals surface area contributed by atoms with Crippen molar-refractivity contribution in [3.63, 3.8) is 0 Å². The first kappa shape index (κ1) is 22.8. The second-order valence-corrected chi connectivity index (χ2v) is 9.51. The van der Waals surface area contributed by atoms with Crippen LogP contribution >= 0.6 is 22.9 Å². The van der Waals surface area contributed by atoms with E-state index in [1.807, 2.05) is 30.3 Å². The number of anilines is 1. The van der Waals surface area contributed by atoms with Crippen molar-refractivity contribution in [1.82, 2.24) is 10.2 Å². The molecular formula is C25H27ClFN3OS. The van der Waals surface area contributed by atoms with Gasteiger partial charge in [-0.05, 0) is 48.2 Å². The van der Waals surface area contributed by atoms with Crippen LogP contribution in [0.2, 0.25) is 5.02 Å². The lowest BCUT2D eigenvalue weighted by atomic mass is 10.0. The van der Waals surface area contributed by atoms with E-state index in [1.54, 1.807) is 29.5 Å². The standard InChI is InChI=1S/C25H27ClFN3OS/c1-18(28-24(31)17-19-8-10-20(26)11-9-19)25(23-7-4-16-32-23)30-14-12-29(13-15-30)22-6-3-2-5-21(22)27/h2-11,16,18,25H,12-15,17H2,1H3,(H,28,31). The number of halogens is 2. The summed E-state index contributed by atoms with van der Waals surface area (Å²) in [5, 5.41) is 5.93. The SMILES string of the molecule is CC(NC(=O)Cc1ccc(Cl)cc1)C(c1cccs1)N1CCN(c2ccccc2F)CC1. The topological polar surface area (TPSA) is 35.6 Å². The Balaban J connectivity index is 1.42. The van der Waals surface area contributed by atoms with Crippen molar-refractivity contribution >= 4 is 34.5 Å². The van der Waals surface area contributed by atoms with Gasteiger partial charge in [-0.15, -0.1) is 11.3 Å². The number of benzene rings is 2. The molecule has 4 nitrogen and oxygen atoms in total. The number of para-hydroxylation sites is 1. The molecular weight excluding hydrogens is 445 g/mol. The van der Waals surface area contributed by atoms with Crippen molar-refractivity contribution in [2.45, 2.75) is 25.4 Å². The molecule has 2 aromatic carbocycles.